The molecule has 1 heterocycles. The maximum Gasteiger partial charge on any atom is 0.248 e. The predicted octanol–water partition coefficient (Wildman–Crippen LogP) is 3.85. The van der Waals surface area contributed by atoms with Gasteiger partial charge in [-0.1, -0.05) is 25.1 Å². The van der Waals surface area contributed by atoms with E-state index in [9.17, 15) is 0 Å². The van der Waals surface area contributed by atoms with Crippen molar-refractivity contribution < 1.29 is 4.52 Å². The van der Waals surface area contributed by atoms with Gasteiger partial charge in [0.1, 0.15) is 6.04 Å². The predicted molar refractivity (Wildman–Crippen MR) is 78.9 cm³/mol. The summed E-state index contributed by atoms with van der Waals surface area (Å²) in [7, 11) is 0. The molecule has 2 aromatic rings. The second-order valence-electron chi connectivity index (χ2n) is 5.85. The zero-order valence-corrected chi connectivity index (χ0v) is 12.3. The van der Waals surface area contributed by atoms with E-state index in [4.69, 9.17) is 4.52 Å². The molecule has 0 aliphatic heterocycles. The number of aryl methyl sites for hydroxylation is 2. The van der Waals surface area contributed by atoms with E-state index < -0.39 is 0 Å². The first-order valence-electron chi connectivity index (χ1n) is 7.35. The zero-order chi connectivity index (χ0) is 14.1. The van der Waals surface area contributed by atoms with Crippen LogP contribution in [0.4, 0.5) is 5.69 Å². The van der Waals surface area contributed by atoms with E-state index in [0.717, 1.165) is 11.5 Å². The number of anilines is 1. The van der Waals surface area contributed by atoms with Gasteiger partial charge in [0.05, 0.1) is 0 Å². The third-order valence-electron chi connectivity index (χ3n) is 3.83. The Morgan fingerprint density at radius 3 is 2.70 bits per heavy atom. The Balaban J connectivity index is 1.73. The second kappa shape index (κ2) is 5.27. The van der Waals surface area contributed by atoms with Crippen LogP contribution in [0.3, 0.4) is 0 Å². The summed E-state index contributed by atoms with van der Waals surface area (Å²) >= 11 is 0. The lowest BCUT2D eigenvalue weighted by atomic mass is 10.1. The Bertz CT molecular complexity index is 604. The molecule has 0 saturated heterocycles. The molecule has 1 aliphatic rings. The van der Waals surface area contributed by atoms with Gasteiger partial charge < -0.3 is 9.84 Å². The molecule has 0 amide bonds. The van der Waals surface area contributed by atoms with Gasteiger partial charge in [-0.15, -0.1) is 0 Å². The highest BCUT2D eigenvalue weighted by atomic mass is 16.5. The third kappa shape index (κ3) is 2.55. The molecule has 1 aromatic carbocycles. The normalized spacial score (nSPS) is 15.4. The summed E-state index contributed by atoms with van der Waals surface area (Å²) in [5, 5.41) is 7.45. The minimum atomic E-state index is 0.0226. The molecule has 1 aliphatic carbocycles. The van der Waals surface area contributed by atoms with E-state index in [-0.39, 0.29) is 6.04 Å². The fourth-order valence-corrected chi connectivity index (χ4v) is 2.63. The van der Waals surface area contributed by atoms with Crippen LogP contribution in [0.15, 0.2) is 22.7 Å². The van der Waals surface area contributed by atoms with Gasteiger partial charge in [-0.3, -0.25) is 0 Å². The van der Waals surface area contributed by atoms with Crippen LogP contribution in [0, 0.1) is 0 Å². The van der Waals surface area contributed by atoms with E-state index >= 15 is 0 Å². The lowest BCUT2D eigenvalue weighted by Gasteiger charge is -2.12. The maximum atomic E-state index is 5.33. The summed E-state index contributed by atoms with van der Waals surface area (Å²) in [5.41, 5.74) is 4.08. The van der Waals surface area contributed by atoms with Crippen molar-refractivity contribution in [2.24, 2.45) is 0 Å². The quantitative estimate of drug-likeness (QED) is 0.917. The highest BCUT2D eigenvalue weighted by molar-refractivity contribution is 5.50. The van der Waals surface area contributed by atoms with Gasteiger partial charge in [-0.2, -0.15) is 4.98 Å². The summed E-state index contributed by atoms with van der Waals surface area (Å²) in [5.74, 6) is 1.71. The van der Waals surface area contributed by atoms with Crippen molar-refractivity contribution in [2.45, 2.75) is 52.0 Å². The van der Waals surface area contributed by atoms with Crippen molar-refractivity contribution in [1.29, 1.82) is 0 Å². The Morgan fingerprint density at radius 1 is 1.15 bits per heavy atom. The van der Waals surface area contributed by atoms with Crippen molar-refractivity contribution in [3.8, 4) is 0 Å². The van der Waals surface area contributed by atoms with E-state index in [1.807, 2.05) is 6.92 Å². The second-order valence-corrected chi connectivity index (χ2v) is 5.85. The first kappa shape index (κ1) is 13.2. The van der Waals surface area contributed by atoms with Gasteiger partial charge in [0.25, 0.3) is 0 Å². The molecule has 0 spiro atoms. The van der Waals surface area contributed by atoms with Gasteiger partial charge in [-0.05, 0) is 49.4 Å². The van der Waals surface area contributed by atoms with Gasteiger partial charge >= 0.3 is 0 Å². The van der Waals surface area contributed by atoms with Crippen LogP contribution in [-0.2, 0) is 12.8 Å². The van der Waals surface area contributed by atoms with E-state index in [0.29, 0.717) is 11.8 Å². The summed E-state index contributed by atoms with van der Waals surface area (Å²) in [6, 6.07) is 6.64. The third-order valence-corrected chi connectivity index (χ3v) is 3.83. The van der Waals surface area contributed by atoms with Gasteiger partial charge in [-0.25, -0.2) is 0 Å². The average molecular weight is 271 g/mol. The maximum absolute atomic E-state index is 5.33. The first-order chi connectivity index (χ1) is 9.63. The fourth-order valence-electron chi connectivity index (χ4n) is 2.63. The number of benzene rings is 1. The van der Waals surface area contributed by atoms with Gasteiger partial charge in [0, 0.05) is 11.6 Å². The van der Waals surface area contributed by atoms with Crippen LogP contribution >= 0.6 is 0 Å². The minimum absolute atomic E-state index is 0.0226. The SMILES string of the molecule is CC(C)c1noc(C(C)Nc2ccc3c(c2)CCC3)n1. The van der Waals surface area contributed by atoms with Crippen LogP contribution in [0.5, 0.6) is 0 Å². The summed E-state index contributed by atoms with van der Waals surface area (Å²) in [4.78, 5) is 4.44. The number of nitrogens with one attached hydrogen (secondary N) is 1. The molecule has 1 N–H and O–H groups in total. The van der Waals surface area contributed by atoms with Crippen molar-refractivity contribution in [3.05, 3.63) is 41.0 Å². The number of hydrogen-bond donors (Lipinski definition) is 1. The van der Waals surface area contributed by atoms with Crippen LogP contribution in [0.2, 0.25) is 0 Å². The average Bonchev–Trinajstić information content (AvgIpc) is 3.07. The molecular weight excluding hydrogens is 250 g/mol. The highest BCUT2D eigenvalue weighted by Crippen LogP contribution is 2.27. The molecule has 4 nitrogen and oxygen atoms in total. The molecule has 1 unspecified atom stereocenters. The molecule has 1 atom stereocenters. The molecule has 0 bridgehead atoms. The lowest BCUT2D eigenvalue weighted by Crippen LogP contribution is -2.07. The number of hydrogen-bond acceptors (Lipinski definition) is 4. The van der Waals surface area contributed by atoms with E-state index in [1.54, 1.807) is 0 Å². The molecule has 20 heavy (non-hydrogen) atoms. The van der Waals surface area contributed by atoms with Crippen LogP contribution in [-0.4, -0.2) is 10.1 Å². The van der Waals surface area contributed by atoms with Crippen molar-refractivity contribution in [1.82, 2.24) is 10.1 Å². The summed E-state index contributed by atoms with van der Waals surface area (Å²) < 4.78 is 5.33. The zero-order valence-electron chi connectivity index (χ0n) is 12.3. The number of fused-ring (bicyclic) bond motifs is 1. The largest absolute Gasteiger partial charge is 0.374 e. The number of rotatable bonds is 4. The van der Waals surface area contributed by atoms with Crippen LogP contribution in [0.25, 0.3) is 0 Å². The van der Waals surface area contributed by atoms with Gasteiger partial charge in [0.2, 0.25) is 5.89 Å². The van der Waals surface area contributed by atoms with Crippen LogP contribution < -0.4 is 5.32 Å². The summed E-state index contributed by atoms with van der Waals surface area (Å²) in [6.07, 6.45) is 3.68. The number of aromatic nitrogens is 2. The van der Waals surface area contributed by atoms with Crippen molar-refractivity contribution in [3.63, 3.8) is 0 Å². The van der Waals surface area contributed by atoms with Crippen molar-refractivity contribution in [2.75, 3.05) is 5.32 Å². The molecule has 0 fully saturated rings. The Morgan fingerprint density at radius 2 is 1.95 bits per heavy atom. The highest BCUT2D eigenvalue weighted by Gasteiger charge is 2.17. The topological polar surface area (TPSA) is 51.0 Å². The monoisotopic (exact) mass is 271 g/mol. The number of nitrogens with zero attached hydrogens (tertiary/aromatic N) is 2. The molecule has 4 heteroatoms. The minimum Gasteiger partial charge on any atom is -0.374 e. The Labute approximate surface area is 119 Å². The fraction of sp³-hybridized carbons (Fsp3) is 0.500. The van der Waals surface area contributed by atoms with Crippen LogP contribution in [0.1, 0.15) is 62.0 Å². The Kier molecular flexibility index (Phi) is 3.47. The van der Waals surface area contributed by atoms with E-state index in [1.165, 1.54) is 30.4 Å². The Hall–Kier alpha value is -1.84. The molecule has 0 radical (unpaired) electrons. The van der Waals surface area contributed by atoms with Crippen molar-refractivity contribution >= 4 is 5.69 Å². The van der Waals surface area contributed by atoms with E-state index in [2.05, 4.69) is 47.5 Å². The first-order valence-corrected chi connectivity index (χ1v) is 7.35. The summed E-state index contributed by atoms with van der Waals surface area (Å²) in [6.45, 7) is 6.17. The molecule has 0 saturated carbocycles. The van der Waals surface area contributed by atoms with Gasteiger partial charge in [0.15, 0.2) is 5.82 Å². The molecular formula is C16H21N3O. The lowest BCUT2D eigenvalue weighted by molar-refractivity contribution is 0.361. The standard InChI is InChI=1S/C16H21N3O/c1-10(2)15-18-16(20-19-15)11(3)17-14-8-7-12-5-4-6-13(12)9-14/h7-11,17H,4-6H2,1-3H3. The smallest absolute Gasteiger partial charge is 0.248 e. The molecule has 1 aromatic heterocycles. The molecule has 106 valence electrons. The molecule has 3 rings (SSSR count).